The third kappa shape index (κ3) is 3.56. The number of nitrogens with one attached hydrogen (secondary N) is 1. The van der Waals surface area contributed by atoms with Gasteiger partial charge < -0.3 is 10.1 Å². The van der Waals surface area contributed by atoms with Gasteiger partial charge in [0.05, 0.1) is 5.75 Å². The van der Waals surface area contributed by atoms with Crippen molar-refractivity contribution in [2.45, 2.75) is 11.7 Å². The molecule has 0 aromatic heterocycles. The first-order chi connectivity index (χ1) is 11.3. The number of ether oxygens (including phenoxy) is 1. The maximum Gasteiger partial charge on any atom is 0.235 e. The van der Waals surface area contributed by atoms with Crippen LogP contribution in [0.1, 0.15) is 17.0 Å². The first-order valence-corrected chi connectivity index (χ1v) is 9.38. The molecule has 1 N–H and O–H groups in total. The molecule has 2 aromatic rings. The Morgan fingerprint density at radius 3 is 2.79 bits per heavy atom. The molecule has 1 heterocycles. The van der Waals surface area contributed by atoms with Crippen LogP contribution in [0.15, 0.2) is 42.5 Å². The molecule has 24 heavy (non-hydrogen) atoms. The van der Waals surface area contributed by atoms with Gasteiger partial charge >= 0.3 is 0 Å². The fourth-order valence-corrected chi connectivity index (χ4v) is 3.49. The Morgan fingerprint density at radius 1 is 1.29 bits per heavy atom. The molecule has 1 amide bonds. The van der Waals surface area contributed by atoms with Crippen LogP contribution in [0.2, 0.25) is 0 Å². The third-order valence-electron chi connectivity index (χ3n) is 3.76. The molecule has 0 aliphatic carbocycles. The van der Waals surface area contributed by atoms with Crippen molar-refractivity contribution in [3.05, 3.63) is 59.4 Å². The number of benzene rings is 2. The number of hydrogen-bond acceptors (Lipinski definition) is 4. The molecule has 0 bridgehead atoms. The summed E-state index contributed by atoms with van der Waals surface area (Å²) in [7, 11) is -3.36. The van der Waals surface area contributed by atoms with Crippen LogP contribution in [-0.4, -0.2) is 27.2 Å². The second-order valence-corrected chi connectivity index (χ2v) is 7.90. The zero-order valence-electron chi connectivity index (χ0n) is 13.0. The van der Waals surface area contributed by atoms with Crippen molar-refractivity contribution in [3.8, 4) is 5.75 Å². The van der Waals surface area contributed by atoms with Crippen molar-refractivity contribution in [2.24, 2.45) is 0 Å². The summed E-state index contributed by atoms with van der Waals surface area (Å²) < 4.78 is 41.9. The van der Waals surface area contributed by atoms with Crippen molar-refractivity contribution in [2.75, 3.05) is 18.2 Å². The van der Waals surface area contributed by atoms with E-state index in [-0.39, 0.29) is 29.5 Å². The van der Waals surface area contributed by atoms with Crippen LogP contribution in [0.5, 0.6) is 5.75 Å². The van der Waals surface area contributed by atoms with E-state index in [1.807, 2.05) is 18.2 Å². The highest BCUT2D eigenvalue weighted by Crippen LogP contribution is 2.34. The number of carbonyl (C=O) groups excluding carboxylic acids is 1. The van der Waals surface area contributed by atoms with Crippen LogP contribution >= 0.6 is 0 Å². The summed E-state index contributed by atoms with van der Waals surface area (Å²) in [4.78, 5) is 12.5. The lowest BCUT2D eigenvalue weighted by molar-refractivity contribution is -0.117. The highest BCUT2D eigenvalue weighted by atomic mass is 32.2. The van der Waals surface area contributed by atoms with Crippen LogP contribution in [0.25, 0.3) is 0 Å². The number of carbonyl (C=O) groups is 1. The van der Waals surface area contributed by atoms with Crippen molar-refractivity contribution in [3.63, 3.8) is 0 Å². The molecule has 0 spiro atoms. The highest BCUT2D eigenvalue weighted by Gasteiger charge is 2.30. The molecule has 0 radical (unpaired) electrons. The molecule has 7 heteroatoms. The third-order valence-corrected chi connectivity index (χ3v) is 4.59. The van der Waals surface area contributed by atoms with Crippen LogP contribution < -0.4 is 10.1 Å². The summed E-state index contributed by atoms with van der Waals surface area (Å²) in [5.74, 6) is -1.05. The van der Waals surface area contributed by atoms with Crippen LogP contribution in [0.4, 0.5) is 10.1 Å². The molecule has 0 saturated carbocycles. The van der Waals surface area contributed by atoms with Crippen molar-refractivity contribution >= 4 is 21.4 Å². The van der Waals surface area contributed by atoms with Gasteiger partial charge in [-0.05, 0) is 29.8 Å². The quantitative estimate of drug-likeness (QED) is 0.920. The van der Waals surface area contributed by atoms with Gasteiger partial charge in [0.15, 0.2) is 9.84 Å². The maximum absolute atomic E-state index is 13.4. The summed E-state index contributed by atoms with van der Waals surface area (Å²) in [6, 6.07) is 10.9. The Bertz CT molecular complexity index is 895. The first kappa shape index (κ1) is 16.4. The molecule has 1 atom stereocenters. The van der Waals surface area contributed by atoms with Gasteiger partial charge in [-0.15, -0.1) is 0 Å². The minimum atomic E-state index is -3.36. The number of amides is 1. The van der Waals surface area contributed by atoms with Gasteiger partial charge in [0.1, 0.15) is 24.1 Å². The Labute approximate surface area is 139 Å². The number of halogens is 1. The number of rotatable bonds is 4. The molecular weight excluding hydrogens is 333 g/mol. The Morgan fingerprint density at radius 2 is 2.04 bits per heavy atom. The molecule has 1 unspecified atom stereocenters. The number of hydrogen-bond donors (Lipinski definition) is 1. The SMILES string of the molecule is CS(=O)(=O)Cc1cc(F)ccc1NC(=O)C1COc2ccccc21. The van der Waals surface area contributed by atoms with Crippen LogP contribution in [0, 0.1) is 5.82 Å². The Kier molecular flexibility index (Phi) is 4.28. The van der Waals surface area contributed by atoms with Gasteiger partial charge in [0, 0.05) is 17.5 Å². The van der Waals surface area contributed by atoms with Crippen molar-refractivity contribution in [1.29, 1.82) is 0 Å². The molecule has 3 rings (SSSR count). The van der Waals surface area contributed by atoms with Crippen molar-refractivity contribution < 1.29 is 22.3 Å². The van der Waals surface area contributed by atoms with E-state index >= 15 is 0 Å². The van der Waals surface area contributed by atoms with Gasteiger partial charge in [-0.1, -0.05) is 18.2 Å². The molecule has 2 aromatic carbocycles. The maximum atomic E-state index is 13.4. The summed E-state index contributed by atoms with van der Waals surface area (Å²) in [5, 5.41) is 2.69. The lowest BCUT2D eigenvalue weighted by Gasteiger charge is -2.14. The van der Waals surface area contributed by atoms with E-state index in [9.17, 15) is 17.6 Å². The second-order valence-electron chi connectivity index (χ2n) is 5.76. The summed E-state index contributed by atoms with van der Waals surface area (Å²) >= 11 is 0. The predicted molar refractivity (Wildman–Crippen MR) is 88.3 cm³/mol. The number of fused-ring (bicyclic) bond motifs is 1. The molecule has 5 nitrogen and oxygen atoms in total. The molecule has 126 valence electrons. The molecule has 0 fully saturated rings. The zero-order chi connectivity index (χ0) is 17.3. The van der Waals surface area contributed by atoms with E-state index < -0.39 is 21.6 Å². The monoisotopic (exact) mass is 349 g/mol. The normalized spacial score (nSPS) is 16.3. The van der Waals surface area contributed by atoms with E-state index in [1.54, 1.807) is 6.07 Å². The number of para-hydroxylation sites is 1. The smallest absolute Gasteiger partial charge is 0.235 e. The lowest BCUT2D eigenvalue weighted by atomic mass is 10.0. The van der Waals surface area contributed by atoms with Crippen LogP contribution in [-0.2, 0) is 20.4 Å². The zero-order valence-corrected chi connectivity index (χ0v) is 13.8. The van der Waals surface area contributed by atoms with E-state index in [0.29, 0.717) is 5.75 Å². The van der Waals surface area contributed by atoms with Crippen LogP contribution in [0.3, 0.4) is 0 Å². The van der Waals surface area contributed by atoms with Gasteiger partial charge in [0.2, 0.25) is 5.91 Å². The molecule has 1 aliphatic rings. The fourth-order valence-electron chi connectivity index (χ4n) is 2.69. The largest absolute Gasteiger partial charge is 0.492 e. The molecular formula is C17H16FNO4S. The topological polar surface area (TPSA) is 72.5 Å². The van der Waals surface area contributed by atoms with Crippen molar-refractivity contribution in [1.82, 2.24) is 0 Å². The summed E-state index contributed by atoms with van der Waals surface area (Å²) in [6.45, 7) is 0.216. The van der Waals surface area contributed by atoms with E-state index in [1.165, 1.54) is 12.1 Å². The minimum absolute atomic E-state index is 0.216. The van der Waals surface area contributed by atoms with Gasteiger partial charge in [-0.3, -0.25) is 4.79 Å². The Hall–Kier alpha value is -2.41. The fraction of sp³-hybridized carbons (Fsp3) is 0.235. The Balaban J connectivity index is 1.85. The average Bonchev–Trinajstić information content (AvgIpc) is 2.92. The van der Waals surface area contributed by atoms with Gasteiger partial charge in [-0.2, -0.15) is 0 Å². The standard InChI is InChI=1S/C17H16FNO4S/c1-24(21,22)10-11-8-12(18)6-7-15(11)19-17(20)14-9-23-16-5-3-2-4-13(14)16/h2-8,14H,9-10H2,1H3,(H,19,20). The second kappa shape index (κ2) is 6.24. The van der Waals surface area contributed by atoms with E-state index in [4.69, 9.17) is 4.74 Å². The van der Waals surface area contributed by atoms with Gasteiger partial charge in [-0.25, -0.2) is 12.8 Å². The molecule has 0 saturated heterocycles. The lowest BCUT2D eigenvalue weighted by Crippen LogP contribution is -2.23. The summed E-state index contributed by atoms with van der Waals surface area (Å²) in [5.41, 5.74) is 1.29. The molecule has 1 aliphatic heterocycles. The predicted octanol–water partition coefficient (Wildman–Crippen LogP) is 2.49. The van der Waals surface area contributed by atoms with E-state index in [2.05, 4.69) is 5.32 Å². The first-order valence-electron chi connectivity index (χ1n) is 7.32. The van der Waals surface area contributed by atoms with Gasteiger partial charge in [0.25, 0.3) is 0 Å². The highest BCUT2D eigenvalue weighted by molar-refractivity contribution is 7.89. The number of anilines is 1. The summed E-state index contributed by atoms with van der Waals surface area (Å²) in [6.07, 6.45) is 1.06. The minimum Gasteiger partial charge on any atom is -0.492 e. The number of sulfone groups is 1. The van der Waals surface area contributed by atoms with E-state index in [0.717, 1.165) is 17.9 Å². The average molecular weight is 349 g/mol.